The van der Waals surface area contributed by atoms with E-state index in [0.29, 0.717) is 17.5 Å². The lowest BCUT2D eigenvalue weighted by atomic mass is 9.86. The number of aryl methyl sites for hydroxylation is 1. The van der Waals surface area contributed by atoms with Gasteiger partial charge in [-0.05, 0) is 19.1 Å². The molecule has 1 unspecified atom stereocenters. The first-order valence-electron chi connectivity index (χ1n) is 7.19. The second kappa shape index (κ2) is 4.98. The zero-order valence-electron chi connectivity index (χ0n) is 12.4. The van der Waals surface area contributed by atoms with Crippen molar-refractivity contribution in [3.8, 4) is 0 Å². The number of anilines is 1. The predicted octanol–water partition coefficient (Wildman–Crippen LogP) is 1.76. The maximum absolute atomic E-state index is 12.5. The second-order valence-electron chi connectivity index (χ2n) is 5.51. The smallest absolute Gasteiger partial charge is 0.227 e. The van der Waals surface area contributed by atoms with E-state index < -0.39 is 0 Å². The Morgan fingerprint density at radius 3 is 3.00 bits per heavy atom. The molecular weight excluding hydrogens is 300 g/mol. The molecule has 22 heavy (non-hydrogen) atoms. The summed E-state index contributed by atoms with van der Waals surface area (Å²) in [7, 11) is 1.87. The molecule has 1 aliphatic carbocycles. The van der Waals surface area contributed by atoms with E-state index in [4.69, 9.17) is 0 Å². The third-order valence-electron chi connectivity index (χ3n) is 4.07. The summed E-state index contributed by atoms with van der Waals surface area (Å²) in [5, 5.41) is 12.8. The zero-order chi connectivity index (χ0) is 15.3. The molecule has 1 atom stereocenters. The van der Waals surface area contributed by atoms with E-state index in [0.717, 1.165) is 29.7 Å². The average Bonchev–Trinajstić information content (AvgIpc) is 3.11. The van der Waals surface area contributed by atoms with E-state index >= 15 is 0 Å². The van der Waals surface area contributed by atoms with Gasteiger partial charge in [0.1, 0.15) is 6.04 Å². The summed E-state index contributed by atoms with van der Waals surface area (Å²) in [5.74, 6) is 0.890. The summed E-state index contributed by atoms with van der Waals surface area (Å²) in [6, 6.07) is -0.235. The van der Waals surface area contributed by atoms with Crippen molar-refractivity contribution in [2.45, 2.75) is 30.5 Å². The summed E-state index contributed by atoms with van der Waals surface area (Å²) >= 11 is 1.49. The molecule has 0 fully saturated rings. The Hall–Kier alpha value is -2.09. The van der Waals surface area contributed by atoms with Crippen molar-refractivity contribution in [1.82, 2.24) is 24.5 Å². The van der Waals surface area contributed by atoms with Crippen molar-refractivity contribution in [1.29, 1.82) is 0 Å². The first-order chi connectivity index (χ1) is 10.7. The summed E-state index contributed by atoms with van der Waals surface area (Å²) in [6.07, 6.45) is 8.03. The highest BCUT2D eigenvalue weighted by Gasteiger charge is 2.37. The summed E-state index contributed by atoms with van der Waals surface area (Å²) in [6.45, 7) is 0. The SMILES string of the molecule is CSc1nc2n(n1)C(c1cnn(C)c1)C1=C(CCCC1=O)N2. The predicted molar refractivity (Wildman–Crippen MR) is 82.7 cm³/mol. The molecule has 7 nitrogen and oxygen atoms in total. The minimum Gasteiger partial charge on any atom is -0.328 e. The van der Waals surface area contributed by atoms with Crippen LogP contribution in [0, 0.1) is 0 Å². The average molecular weight is 316 g/mol. The maximum Gasteiger partial charge on any atom is 0.227 e. The number of ketones is 1. The third-order valence-corrected chi connectivity index (χ3v) is 4.61. The molecule has 2 aromatic heterocycles. The molecule has 0 saturated heterocycles. The molecule has 0 aromatic carbocycles. The molecular formula is C14H16N6OS. The van der Waals surface area contributed by atoms with Gasteiger partial charge in [-0.3, -0.25) is 9.48 Å². The fraction of sp³-hybridized carbons (Fsp3) is 0.429. The van der Waals surface area contributed by atoms with E-state index in [1.54, 1.807) is 10.9 Å². The van der Waals surface area contributed by atoms with Gasteiger partial charge < -0.3 is 5.32 Å². The molecule has 2 aromatic rings. The lowest BCUT2D eigenvalue weighted by molar-refractivity contribution is -0.116. The summed E-state index contributed by atoms with van der Waals surface area (Å²) < 4.78 is 3.56. The van der Waals surface area contributed by atoms with Crippen LogP contribution in [0.4, 0.5) is 5.95 Å². The number of fused-ring (bicyclic) bond motifs is 1. The van der Waals surface area contributed by atoms with Crippen molar-refractivity contribution in [2.24, 2.45) is 7.05 Å². The Balaban J connectivity index is 1.91. The number of hydrogen-bond donors (Lipinski definition) is 1. The molecule has 0 radical (unpaired) electrons. The van der Waals surface area contributed by atoms with E-state index in [9.17, 15) is 4.79 Å². The van der Waals surface area contributed by atoms with Gasteiger partial charge in [-0.15, -0.1) is 5.10 Å². The van der Waals surface area contributed by atoms with Crippen LogP contribution in [0.15, 0.2) is 28.8 Å². The van der Waals surface area contributed by atoms with Gasteiger partial charge in [0, 0.05) is 36.5 Å². The number of aromatic nitrogens is 5. The monoisotopic (exact) mass is 316 g/mol. The maximum atomic E-state index is 12.5. The van der Waals surface area contributed by atoms with Crippen LogP contribution in [0.3, 0.4) is 0 Å². The first kappa shape index (κ1) is 13.6. The number of carbonyl (C=O) groups is 1. The van der Waals surface area contributed by atoms with E-state index in [2.05, 4.69) is 20.5 Å². The highest BCUT2D eigenvalue weighted by molar-refractivity contribution is 7.98. The first-order valence-corrected chi connectivity index (χ1v) is 8.42. The molecule has 8 heteroatoms. The number of Topliss-reactive ketones (excluding diaryl/α,β-unsaturated/α-hetero) is 1. The Labute approximate surface area is 131 Å². The third kappa shape index (κ3) is 1.98. The van der Waals surface area contributed by atoms with Crippen LogP contribution in [0.2, 0.25) is 0 Å². The van der Waals surface area contributed by atoms with Crippen LogP contribution in [0.5, 0.6) is 0 Å². The lowest BCUT2D eigenvalue weighted by Gasteiger charge is -2.31. The number of carbonyl (C=O) groups excluding carboxylic acids is 1. The lowest BCUT2D eigenvalue weighted by Crippen LogP contribution is -2.31. The van der Waals surface area contributed by atoms with Crippen LogP contribution >= 0.6 is 11.8 Å². The van der Waals surface area contributed by atoms with Crippen molar-refractivity contribution in [2.75, 3.05) is 11.6 Å². The number of allylic oxidation sites excluding steroid dienone is 2. The van der Waals surface area contributed by atoms with Crippen molar-refractivity contribution in [3.05, 3.63) is 29.2 Å². The number of nitrogens with one attached hydrogen (secondary N) is 1. The number of thioether (sulfide) groups is 1. The van der Waals surface area contributed by atoms with Crippen molar-refractivity contribution in [3.63, 3.8) is 0 Å². The Morgan fingerprint density at radius 2 is 2.27 bits per heavy atom. The standard InChI is InChI=1S/C14H16N6OS/c1-19-7-8(6-15-19)12-11-9(4-3-5-10(11)21)16-13-17-14(22-2)18-20(12)13/h6-7,12H,3-5H2,1-2H3,(H,16,17,18). The zero-order valence-corrected chi connectivity index (χ0v) is 13.2. The highest BCUT2D eigenvalue weighted by atomic mass is 32.2. The Bertz CT molecular complexity index is 789. The fourth-order valence-corrected chi connectivity index (χ4v) is 3.46. The highest BCUT2D eigenvalue weighted by Crippen LogP contribution is 2.40. The molecule has 1 N–H and O–H groups in total. The molecule has 114 valence electrons. The molecule has 3 heterocycles. The molecule has 0 saturated carbocycles. The van der Waals surface area contributed by atoms with Gasteiger partial charge in [0.2, 0.25) is 11.1 Å². The van der Waals surface area contributed by atoms with E-state index in [-0.39, 0.29) is 11.8 Å². The second-order valence-corrected chi connectivity index (χ2v) is 6.28. The summed E-state index contributed by atoms with van der Waals surface area (Å²) in [5.41, 5.74) is 2.76. The van der Waals surface area contributed by atoms with Gasteiger partial charge in [0.25, 0.3) is 0 Å². The molecule has 0 amide bonds. The Morgan fingerprint density at radius 1 is 1.41 bits per heavy atom. The van der Waals surface area contributed by atoms with Gasteiger partial charge >= 0.3 is 0 Å². The number of rotatable bonds is 2. The largest absolute Gasteiger partial charge is 0.328 e. The minimum atomic E-state index is -0.235. The quantitative estimate of drug-likeness (QED) is 0.851. The van der Waals surface area contributed by atoms with Crippen LogP contribution in [-0.2, 0) is 11.8 Å². The number of nitrogens with zero attached hydrogens (tertiary/aromatic N) is 5. The summed E-state index contributed by atoms with van der Waals surface area (Å²) in [4.78, 5) is 17.0. The van der Waals surface area contributed by atoms with Crippen molar-refractivity contribution < 1.29 is 4.79 Å². The van der Waals surface area contributed by atoms with Gasteiger partial charge in [-0.2, -0.15) is 10.1 Å². The van der Waals surface area contributed by atoms with Crippen LogP contribution in [0.25, 0.3) is 0 Å². The van der Waals surface area contributed by atoms with E-state index in [1.165, 1.54) is 11.8 Å². The fourth-order valence-electron chi connectivity index (χ4n) is 3.11. The van der Waals surface area contributed by atoms with Gasteiger partial charge in [-0.25, -0.2) is 4.68 Å². The van der Waals surface area contributed by atoms with Gasteiger partial charge in [0.15, 0.2) is 5.78 Å². The van der Waals surface area contributed by atoms with Crippen LogP contribution < -0.4 is 5.32 Å². The van der Waals surface area contributed by atoms with Crippen molar-refractivity contribution >= 4 is 23.5 Å². The molecule has 4 rings (SSSR count). The normalized spacial score (nSPS) is 20.6. The van der Waals surface area contributed by atoms with Gasteiger partial charge in [0.05, 0.1) is 6.20 Å². The molecule has 2 aliphatic rings. The Kier molecular flexibility index (Phi) is 3.07. The van der Waals surface area contributed by atoms with Gasteiger partial charge in [-0.1, -0.05) is 11.8 Å². The van der Waals surface area contributed by atoms with E-state index in [1.807, 2.05) is 24.2 Å². The molecule has 0 bridgehead atoms. The number of hydrogen-bond acceptors (Lipinski definition) is 6. The topological polar surface area (TPSA) is 77.6 Å². The van der Waals surface area contributed by atoms with Crippen LogP contribution in [-0.4, -0.2) is 36.6 Å². The molecule has 1 aliphatic heterocycles. The minimum absolute atomic E-state index is 0.189. The molecule has 0 spiro atoms. The van der Waals surface area contributed by atoms with Crippen LogP contribution in [0.1, 0.15) is 30.9 Å².